The molecule has 550 valence electrons. The van der Waals surface area contributed by atoms with E-state index in [1.807, 2.05) is 0 Å². The second kappa shape index (κ2) is 45.1. The Labute approximate surface area is 569 Å². The molecule has 0 aromatic carbocycles. The third-order valence-electron chi connectivity index (χ3n) is 13.7. The number of primary amides is 2. The van der Waals surface area contributed by atoms with Crippen LogP contribution in [0.2, 0.25) is 0 Å². The molecule has 0 rings (SSSR count). The normalized spacial score (nSPS) is 15.5. The van der Waals surface area contributed by atoms with Gasteiger partial charge < -0.3 is 117 Å². The Balaban J connectivity index is 6.25. The summed E-state index contributed by atoms with van der Waals surface area (Å²) in [4.78, 5) is 221. The van der Waals surface area contributed by atoms with Gasteiger partial charge in [0.25, 0.3) is 0 Å². The first-order valence-electron chi connectivity index (χ1n) is 30.6. The van der Waals surface area contributed by atoms with Crippen LogP contribution >= 0.6 is 25.3 Å². The summed E-state index contributed by atoms with van der Waals surface area (Å²) in [6.07, 6.45) is -4.94. The van der Waals surface area contributed by atoms with Gasteiger partial charge in [0.2, 0.25) is 88.6 Å². The quantitative estimate of drug-likeness (QED) is 0.0252. The van der Waals surface area contributed by atoms with Crippen LogP contribution in [-0.2, 0) is 81.5 Å². The van der Waals surface area contributed by atoms with E-state index in [2.05, 4.69) is 94.4 Å². The average molecular weight is 1430 g/mol. The van der Waals surface area contributed by atoms with Gasteiger partial charge in [0.05, 0.1) is 38.9 Å². The van der Waals surface area contributed by atoms with E-state index in [1.54, 1.807) is 41.5 Å². The number of hydrogen-bond acceptors (Lipinski definition) is 24. The van der Waals surface area contributed by atoms with E-state index in [-0.39, 0.29) is 37.0 Å². The molecule has 0 heterocycles. The van der Waals surface area contributed by atoms with Gasteiger partial charge in [0, 0.05) is 24.3 Å². The predicted octanol–water partition coefficient (Wildman–Crippen LogP) is -10.3. The number of rotatable bonds is 47. The van der Waals surface area contributed by atoms with E-state index in [4.69, 9.17) is 17.2 Å². The van der Waals surface area contributed by atoms with Crippen molar-refractivity contribution < 1.29 is 112 Å². The van der Waals surface area contributed by atoms with Gasteiger partial charge in [-0.15, -0.1) is 0 Å². The lowest BCUT2D eigenvalue weighted by atomic mass is 10.0. The molecule has 0 saturated carbocycles. The number of aliphatic carboxylic acids is 2. The highest BCUT2D eigenvalue weighted by Gasteiger charge is 2.37. The molecule has 25 N–H and O–H groups in total. The van der Waals surface area contributed by atoms with Crippen molar-refractivity contribution in [2.24, 2.45) is 35.0 Å². The molecule has 0 spiro atoms. The number of aliphatic hydroxyl groups excluding tert-OH is 4. The molecular weight excluding hydrogens is 1330 g/mol. The summed E-state index contributed by atoms with van der Waals surface area (Å²) in [5.74, 6) is -21.0. The number of carbonyl (C=O) groups excluding carboxylic acids is 15. The van der Waals surface area contributed by atoms with E-state index in [0.29, 0.717) is 0 Å². The van der Waals surface area contributed by atoms with Crippen LogP contribution < -0.4 is 86.3 Å². The zero-order valence-corrected chi connectivity index (χ0v) is 56.8. The van der Waals surface area contributed by atoms with Gasteiger partial charge in [-0.05, 0) is 63.7 Å². The lowest BCUT2D eigenvalue weighted by Gasteiger charge is -2.28. The summed E-state index contributed by atoms with van der Waals surface area (Å²) >= 11 is 8.20. The van der Waals surface area contributed by atoms with Gasteiger partial charge in [0.1, 0.15) is 78.5 Å². The minimum atomic E-state index is -1.83. The lowest BCUT2D eigenvalue weighted by molar-refractivity contribution is -0.143. The fraction of sp³-hybridized carbons (Fsp3) is 0.696. The summed E-state index contributed by atoms with van der Waals surface area (Å²) in [5.41, 5.74) is 15.9. The summed E-state index contributed by atoms with van der Waals surface area (Å²) in [5, 5.41) is 87.8. The van der Waals surface area contributed by atoms with Crippen molar-refractivity contribution in [2.45, 2.75) is 191 Å². The number of hydrogen-bond donors (Lipinski definition) is 24. The molecule has 0 aliphatic rings. The summed E-state index contributed by atoms with van der Waals surface area (Å²) < 4.78 is 0. The van der Waals surface area contributed by atoms with Crippen LogP contribution in [0.25, 0.3) is 0 Å². The smallest absolute Gasteiger partial charge is 0.326 e. The second-order valence-electron chi connectivity index (χ2n) is 23.7. The molecule has 0 aromatic rings. The van der Waals surface area contributed by atoms with Crippen molar-refractivity contribution in [3.8, 4) is 0 Å². The van der Waals surface area contributed by atoms with Crippen LogP contribution in [0.5, 0.6) is 0 Å². The highest BCUT2D eigenvalue weighted by Crippen LogP contribution is 2.12. The molecule has 14 atom stereocenters. The zero-order chi connectivity index (χ0) is 74.7. The monoisotopic (exact) mass is 1420 g/mol. The van der Waals surface area contributed by atoms with Crippen molar-refractivity contribution in [1.29, 1.82) is 0 Å². The summed E-state index contributed by atoms with van der Waals surface area (Å²) in [7, 11) is 0. The average Bonchev–Trinajstić information content (AvgIpc) is 0.940. The molecule has 41 heteroatoms. The van der Waals surface area contributed by atoms with Crippen LogP contribution in [0.15, 0.2) is 0 Å². The minimum absolute atomic E-state index is 0.0971. The van der Waals surface area contributed by atoms with Crippen LogP contribution in [0.4, 0.5) is 0 Å². The lowest BCUT2D eigenvalue weighted by Crippen LogP contribution is -2.61. The third-order valence-corrected chi connectivity index (χ3v) is 14.4. The number of aliphatic hydroxyl groups is 4. The van der Waals surface area contributed by atoms with E-state index in [9.17, 15) is 112 Å². The van der Waals surface area contributed by atoms with E-state index >= 15 is 0 Å². The number of nitrogens with two attached hydrogens (primary N) is 3. The number of carboxylic acid groups (broad SMARTS) is 2. The van der Waals surface area contributed by atoms with Gasteiger partial charge in [-0.25, -0.2) is 4.79 Å². The van der Waals surface area contributed by atoms with Gasteiger partial charge in [-0.3, -0.25) is 76.7 Å². The summed E-state index contributed by atoms with van der Waals surface area (Å²) in [6, 6.07) is -21.0. The molecule has 39 nitrogen and oxygen atoms in total. The second-order valence-corrected chi connectivity index (χ2v) is 24.4. The number of carbonyl (C=O) groups is 17. The Kier molecular flexibility index (Phi) is 41.1. The molecule has 0 aromatic heterocycles. The Morgan fingerprint density at radius 2 is 0.742 bits per heavy atom. The SMILES string of the molecule is CC(C)C[C@H](NC(=O)[C@H](CC(N)=O)NC(=O)CNC(=O)[C@H](CCC(=O)O)NC(=O)[C@H](CS)NC(=O)[C@@H](NC(=O)[C@@H](N)CO)[C@@H](C)O)C(=O)N[C@@H](C)C(=O)N[C@@H](CS)C(=O)N[C@@H](CC(C)C)C(=O)N[C@@H](CO)C(=O)N[C@@H](CC(C)C)C(=O)N[C@@H](CO)C(=O)N[C@@H](CCC(N)=O)C(=O)O. The number of thiol groups is 2. The molecule has 0 aliphatic carbocycles. The van der Waals surface area contributed by atoms with Crippen molar-refractivity contribution in [1.82, 2.24) is 69.1 Å². The standard InChI is InChI=1S/C56H96N16O23S2/c1-23(2)13-31(65-50(88)34(16-40(59)78)62-41(79)17-60-46(84)29(10-12-42(80)81)63-53(91)38(22-97)71-55(93)43(27(8)76)72-45(83)28(57)18-73)47(85)61-26(7)44(82)70-37(21-96)54(92)67-33(15-25(5)6)49(87)69-36(20-75)52(90)66-32(14-24(3)4)48(86)68-35(19-74)51(89)64-30(56(94)95)9-11-39(58)77/h23-38,43,73-76,96-97H,9-22,57H2,1-8H3,(H2,58,77)(H2,59,78)(H,60,84)(H,61,85)(H,62,79)(H,63,91)(H,64,89)(H,65,88)(H,66,90)(H,67,92)(H,68,86)(H,69,87)(H,70,82)(H,71,93)(H,72,83)(H,80,81)(H,94,95)/t26-,27+,28-,29-,30-,31-,32-,33-,34-,35-,36-,37-,38-,43-/m0/s1. The molecule has 0 fully saturated rings. The van der Waals surface area contributed by atoms with Gasteiger partial charge in [-0.1, -0.05) is 41.5 Å². The highest BCUT2D eigenvalue weighted by molar-refractivity contribution is 7.80. The highest BCUT2D eigenvalue weighted by atomic mass is 32.1. The van der Waals surface area contributed by atoms with Crippen LogP contribution in [-0.4, -0.2) is 254 Å². The number of nitrogens with one attached hydrogen (secondary N) is 13. The number of amides is 15. The molecule has 0 radical (unpaired) electrons. The van der Waals surface area contributed by atoms with Crippen molar-refractivity contribution in [2.75, 3.05) is 37.9 Å². The maximum Gasteiger partial charge on any atom is 0.326 e. The van der Waals surface area contributed by atoms with Gasteiger partial charge in [-0.2, -0.15) is 25.3 Å². The zero-order valence-electron chi connectivity index (χ0n) is 55.0. The summed E-state index contributed by atoms with van der Waals surface area (Å²) in [6.45, 7) is 8.36. The third kappa shape index (κ3) is 34.3. The molecule has 15 amide bonds. The largest absolute Gasteiger partial charge is 0.481 e. The Bertz CT molecular complexity index is 2770. The number of carboxylic acids is 2. The molecule has 0 unspecified atom stereocenters. The predicted molar refractivity (Wildman–Crippen MR) is 346 cm³/mol. The first-order valence-corrected chi connectivity index (χ1v) is 31.8. The molecular formula is C56H96N16O23S2. The maximum absolute atomic E-state index is 13.8. The maximum atomic E-state index is 13.8. The molecule has 97 heavy (non-hydrogen) atoms. The van der Waals surface area contributed by atoms with Crippen molar-refractivity contribution in [3.63, 3.8) is 0 Å². The first-order chi connectivity index (χ1) is 45.2. The van der Waals surface area contributed by atoms with Crippen LogP contribution in [0, 0.1) is 17.8 Å². The van der Waals surface area contributed by atoms with E-state index in [1.165, 1.54) is 6.92 Å². The Morgan fingerprint density at radius 1 is 0.381 bits per heavy atom. The fourth-order valence-electron chi connectivity index (χ4n) is 8.50. The minimum Gasteiger partial charge on any atom is -0.481 e. The molecule has 0 aliphatic heterocycles. The Morgan fingerprint density at radius 3 is 1.11 bits per heavy atom. The van der Waals surface area contributed by atoms with E-state index in [0.717, 1.165) is 6.92 Å². The topological polar surface area (TPSA) is 646 Å². The van der Waals surface area contributed by atoms with Crippen LogP contribution in [0.1, 0.15) is 107 Å². The van der Waals surface area contributed by atoms with Crippen molar-refractivity contribution >= 4 is 126 Å². The Hall–Kier alpha value is -8.51. The van der Waals surface area contributed by atoms with E-state index < -0.39 is 255 Å². The van der Waals surface area contributed by atoms with Gasteiger partial charge in [0.15, 0.2) is 0 Å². The van der Waals surface area contributed by atoms with Crippen molar-refractivity contribution in [3.05, 3.63) is 0 Å². The molecule has 0 saturated heterocycles. The van der Waals surface area contributed by atoms with Crippen LogP contribution in [0.3, 0.4) is 0 Å². The molecule has 0 bridgehead atoms. The van der Waals surface area contributed by atoms with Gasteiger partial charge >= 0.3 is 11.9 Å². The fourth-order valence-corrected chi connectivity index (χ4v) is 9.02. The first kappa shape index (κ1) is 88.5.